The van der Waals surface area contributed by atoms with Gasteiger partial charge in [0.1, 0.15) is 6.04 Å². The zero-order chi connectivity index (χ0) is 18.3. The van der Waals surface area contributed by atoms with Gasteiger partial charge in [0.2, 0.25) is 5.91 Å². The summed E-state index contributed by atoms with van der Waals surface area (Å²) in [5, 5.41) is 12.5. The van der Waals surface area contributed by atoms with Gasteiger partial charge in [-0.05, 0) is 44.9 Å². The smallest absolute Gasteiger partial charge is 0.279 e. The Balaban J connectivity index is 1.56. The highest BCUT2D eigenvalue weighted by molar-refractivity contribution is 7.87. The molecule has 140 valence electrons. The molecule has 0 spiro atoms. The second kappa shape index (κ2) is 6.50. The first-order valence-corrected chi connectivity index (χ1v) is 10.3. The predicted octanol–water partition coefficient (Wildman–Crippen LogP) is -0.0581. The van der Waals surface area contributed by atoms with Gasteiger partial charge in [-0.25, -0.2) is 0 Å². The summed E-state index contributed by atoms with van der Waals surface area (Å²) in [4.78, 5) is 14.1. The summed E-state index contributed by atoms with van der Waals surface area (Å²) in [6, 6.07) is 1.89. The van der Waals surface area contributed by atoms with Crippen molar-refractivity contribution < 1.29 is 13.2 Å². The minimum Gasteiger partial charge on any atom is -0.326 e. The number of fused-ring (bicyclic) bond motifs is 2. The van der Waals surface area contributed by atoms with Crippen LogP contribution >= 0.6 is 0 Å². The van der Waals surface area contributed by atoms with E-state index in [1.54, 1.807) is 4.90 Å². The van der Waals surface area contributed by atoms with E-state index in [1.807, 2.05) is 0 Å². The highest BCUT2D eigenvalue weighted by Gasteiger charge is 2.58. The van der Waals surface area contributed by atoms with E-state index < -0.39 is 10.2 Å². The molecule has 0 radical (unpaired) electrons. The molecule has 3 saturated carbocycles. The Morgan fingerprint density at radius 3 is 2.60 bits per heavy atom. The fraction of sp³-hybridized carbons (Fsp3) is 0.875. The maximum Gasteiger partial charge on any atom is 0.279 e. The van der Waals surface area contributed by atoms with Gasteiger partial charge in [0, 0.05) is 31.7 Å². The number of nitrogens with one attached hydrogen (secondary N) is 2. The van der Waals surface area contributed by atoms with Crippen LogP contribution in [0.1, 0.15) is 44.9 Å². The van der Waals surface area contributed by atoms with Gasteiger partial charge in [0.15, 0.2) is 0 Å². The molecule has 1 saturated heterocycles. The van der Waals surface area contributed by atoms with Crippen LogP contribution in [0.2, 0.25) is 0 Å². The van der Waals surface area contributed by atoms with Gasteiger partial charge in [0.05, 0.1) is 12.6 Å². The lowest BCUT2D eigenvalue weighted by Gasteiger charge is -2.61. The first-order chi connectivity index (χ1) is 11.7. The quantitative estimate of drug-likeness (QED) is 0.682. The molecule has 3 aliphatic carbocycles. The average molecular weight is 369 g/mol. The molecule has 0 unspecified atom stereocenters. The fourth-order valence-corrected chi connectivity index (χ4v) is 5.60. The van der Waals surface area contributed by atoms with Gasteiger partial charge in [0.25, 0.3) is 10.2 Å². The van der Waals surface area contributed by atoms with E-state index in [-0.39, 0.29) is 29.6 Å². The number of amides is 1. The number of hydrogen-bond donors (Lipinski definition) is 2. The SMILES string of the molecule is CN(C)S(=O)(=O)NC12CCCC(NCC(=O)N3CCC[C@H]3C#N)(C1)C2. The minimum absolute atomic E-state index is 0.0321. The van der Waals surface area contributed by atoms with Gasteiger partial charge < -0.3 is 10.2 Å². The Hall–Kier alpha value is -1.21. The Morgan fingerprint density at radius 2 is 1.96 bits per heavy atom. The standard InChI is InChI=1S/C16H27N5O3S/c1-20(2)25(23,24)19-16-7-4-6-15(11-16,12-16)18-10-14(22)21-8-3-5-13(21)9-17/h13,18-19H,3-8,10-12H2,1-2H3/t13-,15?,16?/m0/s1. The van der Waals surface area contributed by atoms with Gasteiger partial charge in [-0.1, -0.05) is 0 Å². The normalized spacial score (nSPS) is 34.6. The zero-order valence-electron chi connectivity index (χ0n) is 14.9. The van der Waals surface area contributed by atoms with E-state index in [0.29, 0.717) is 19.4 Å². The highest BCUT2D eigenvalue weighted by atomic mass is 32.2. The van der Waals surface area contributed by atoms with Crippen molar-refractivity contribution in [3.8, 4) is 6.07 Å². The molecule has 0 aromatic rings. The van der Waals surface area contributed by atoms with Gasteiger partial charge in [-0.15, -0.1) is 0 Å². The molecular formula is C16H27N5O3S. The van der Waals surface area contributed by atoms with Gasteiger partial charge >= 0.3 is 0 Å². The highest BCUT2D eigenvalue weighted by Crippen LogP contribution is 2.52. The number of hydrogen-bond acceptors (Lipinski definition) is 5. The largest absolute Gasteiger partial charge is 0.326 e. The summed E-state index contributed by atoms with van der Waals surface area (Å²) in [6.07, 6.45) is 5.77. The third-order valence-electron chi connectivity index (χ3n) is 5.83. The molecule has 4 rings (SSSR count). The number of nitrogens with zero attached hydrogens (tertiary/aromatic N) is 3. The topological polar surface area (TPSA) is 106 Å². The fourth-order valence-electron chi connectivity index (χ4n) is 4.63. The van der Waals surface area contributed by atoms with Crippen LogP contribution < -0.4 is 10.0 Å². The van der Waals surface area contributed by atoms with E-state index in [9.17, 15) is 13.2 Å². The summed E-state index contributed by atoms with van der Waals surface area (Å²) in [5.41, 5.74) is -0.551. The lowest BCUT2D eigenvalue weighted by molar-refractivity contribution is -0.131. The Kier molecular flexibility index (Phi) is 4.83. The molecule has 1 heterocycles. The molecule has 0 aromatic heterocycles. The summed E-state index contributed by atoms with van der Waals surface area (Å²) in [6.45, 7) is 0.868. The van der Waals surface area contributed by atoms with Crippen molar-refractivity contribution in [2.45, 2.75) is 62.1 Å². The third kappa shape index (κ3) is 3.53. The van der Waals surface area contributed by atoms with Crippen molar-refractivity contribution in [3.05, 3.63) is 0 Å². The monoisotopic (exact) mass is 369 g/mol. The van der Waals surface area contributed by atoms with E-state index in [2.05, 4.69) is 16.1 Å². The molecule has 1 atom stereocenters. The van der Waals surface area contributed by atoms with Crippen LogP contribution in [0.4, 0.5) is 0 Å². The van der Waals surface area contributed by atoms with Crippen molar-refractivity contribution in [3.63, 3.8) is 0 Å². The van der Waals surface area contributed by atoms with Crippen molar-refractivity contribution in [2.75, 3.05) is 27.2 Å². The van der Waals surface area contributed by atoms with Gasteiger partial charge in [-0.2, -0.15) is 22.7 Å². The average Bonchev–Trinajstić information content (AvgIpc) is 3.00. The van der Waals surface area contributed by atoms with E-state index >= 15 is 0 Å². The Labute approximate surface area is 149 Å². The van der Waals surface area contributed by atoms with Crippen LogP contribution in [0.5, 0.6) is 0 Å². The molecule has 8 nitrogen and oxygen atoms in total. The molecule has 1 aliphatic heterocycles. The molecule has 25 heavy (non-hydrogen) atoms. The van der Waals surface area contributed by atoms with Crippen LogP contribution in [0.15, 0.2) is 0 Å². The van der Waals surface area contributed by atoms with Crippen molar-refractivity contribution in [1.82, 2.24) is 19.2 Å². The number of nitriles is 1. The Bertz CT molecular complexity index is 678. The van der Waals surface area contributed by atoms with Crippen LogP contribution in [-0.2, 0) is 15.0 Å². The van der Waals surface area contributed by atoms with E-state index in [4.69, 9.17) is 5.26 Å². The van der Waals surface area contributed by atoms with Crippen molar-refractivity contribution in [1.29, 1.82) is 5.26 Å². The maximum absolute atomic E-state index is 12.4. The summed E-state index contributed by atoms with van der Waals surface area (Å²) in [5.74, 6) is -0.0321. The van der Waals surface area contributed by atoms with E-state index in [0.717, 1.165) is 32.1 Å². The molecule has 4 aliphatic rings. The van der Waals surface area contributed by atoms with Crippen molar-refractivity contribution in [2.24, 2.45) is 0 Å². The van der Waals surface area contributed by atoms with Crippen LogP contribution in [0.25, 0.3) is 0 Å². The van der Waals surface area contributed by atoms with Gasteiger partial charge in [-0.3, -0.25) is 4.79 Å². The molecule has 4 fully saturated rings. The lowest BCUT2D eigenvalue weighted by Crippen LogP contribution is -2.73. The lowest BCUT2D eigenvalue weighted by atomic mass is 9.55. The molecule has 0 aromatic carbocycles. The number of rotatable bonds is 6. The maximum atomic E-state index is 12.4. The summed E-state index contributed by atoms with van der Waals surface area (Å²) in [7, 11) is -0.416. The number of carbonyl (C=O) groups excluding carboxylic acids is 1. The first-order valence-electron chi connectivity index (χ1n) is 8.87. The molecule has 2 N–H and O–H groups in total. The van der Waals surface area contributed by atoms with Crippen LogP contribution in [0.3, 0.4) is 0 Å². The Morgan fingerprint density at radius 1 is 1.28 bits per heavy atom. The molecule has 1 amide bonds. The summed E-state index contributed by atoms with van der Waals surface area (Å²) < 4.78 is 28.3. The second-order valence-corrected chi connectivity index (χ2v) is 9.77. The number of likely N-dealkylation sites (tertiary alicyclic amines) is 1. The molecule has 9 heteroatoms. The predicted molar refractivity (Wildman–Crippen MR) is 92.6 cm³/mol. The second-order valence-electron chi connectivity index (χ2n) is 7.89. The molecule has 2 bridgehead atoms. The molecular weight excluding hydrogens is 342 g/mol. The van der Waals surface area contributed by atoms with Crippen LogP contribution in [0, 0.1) is 11.3 Å². The minimum atomic E-state index is -3.46. The summed E-state index contributed by atoms with van der Waals surface area (Å²) >= 11 is 0. The van der Waals surface area contributed by atoms with E-state index in [1.165, 1.54) is 18.4 Å². The number of carbonyl (C=O) groups is 1. The third-order valence-corrected chi connectivity index (χ3v) is 7.48. The van der Waals surface area contributed by atoms with Crippen LogP contribution in [-0.4, -0.2) is 67.8 Å². The first kappa shape index (κ1) is 18.6. The zero-order valence-corrected chi connectivity index (χ0v) is 15.7. The van der Waals surface area contributed by atoms with Crippen molar-refractivity contribution >= 4 is 16.1 Å².